The van der Waals surface area contributed by atoms with Crippen LogP contribution in [0.1, 0.15) is 38.3 Å². The van der Waals surface area contributed by atoms with Gasteiger partial charge in [-0.25, -0.2) is 18.0 Å². The molecule has 8 heteroatoms. The van der Waals surface area contributed by atoms with Crippen LogP contribution < -0.4 is 10.6 Å². The predicted octanol–water partition coefficient (Wildman–Crippen LogP) is 2.39. The Labute approximate surface area is 138 Å². The molecule has 1 fully saturated rings. The van der Waals surface area contributed by atoms with Crippen LogP contribution in [-0.2, 0) is 4.74 Å². The normalized spacial score (nSPS) is 25.2. The molecule has 1 aromatic carbocycles. The summed E-state index contributed by atoms with van der Waals surface area (Å²) in [5, 5.41) is 14.6. The molecule has 0 aromatic heterocycles. The smallest absolute Gasteiger partial charge is 0.315 e. The second-order valence-electron chi connectivity index (χ2n) is 6.08. The molecule has 0 spiro atoms. The van der Waals surface area contributed by atoms with E-state index in [4.69, 9.17) is 4.74 Å². The van der Waals surface area contributed by atoms with E-state index >= 15 is 0 Å². The molecule has 1 heterocycles. The molecule has 0 aliphatic carbocycles. The van der Waals surface area contributed by atoms with Crippen molar-refractivity contribution in [1.29, 1.82) is 0 Å². The highest BCUT2D eigenvalue weighted by Gasteiger charge is 2.26. The van der Waals surface area contributed by atoms with Crippen LogP contribution in [0.2, 0.25) is 0 Å². The molecule has 2 rings (SSSR count). The Hall–Kier alpha value is -1.80. The Kier molecular flexibility index (Phi) is 6.06. The molecule has 24 heavy (non-hydrogen) atoms. The van der Waals surface area contributed by atoms with Crippen LogP contribution in [0.25, 0.3) is 0 Å². The second kappa shape index (κ2) is 7.85. The quantitative estimate of drug-likeness (QED) is 0.733. The fourth-order valence-electron chi connectivity index (χ4n) is 2.92. The molecule has 1 aliphatic rings. The number of nitrogens with one attached hydrogen (secondary N) is 2. The van der Waals surface area contributed by atoms with Gasteiger partial charge in [-0.15, -0.1) is 0 Å². The first kappa shape index (κ1) is 18.5. The van der Waals surface area contributed by atoms with Crippen molar-refractivity contribution in [3.63, 3.8) is 0 Å². The third-order valence-electron chi connectivity index (χ3n) is 3.93. The van der Waals surface area contributed by atoms with E-state index in [-0.39, 0.29) is 23.8 Å². The number of carbonyl (C=O) groups is 1. The Balaban J connectivity index is 2.01. The van der Waals surface area contributed by atoms with Gasteiger partial charge in [0.15, 0.2) is 17.5 Å². The van der Waals surface area contributed by atoms with E-state index in [0.29, 0.717) is 12.8 Å². The summed E-state index contributed by atoms with van der Waals surface area (Å²) >= 11 is 0. The molecule has 0 saturated carbocycles. The minimum Gasteiger partial charge on any atom is -0.394 e. The lowest BCUT2D eigenvalue weighted by Crippen LogP contribution is -2.48. The SMILES string of the molecule is CC1CC(NC(=O)NC(CO)c2cc(F)c(F)c(F)c2)CC(C)O1. The summed E-state index contributed by atoms with van der Waals surface area (Å²) in [5.74, 6) is -4.35. The number of halogens is 3. The van der Waals surface area contributed by atoms with Gasteiger partial charge in [0, 0.05) is 6.04 Å². The first-order chi connectivity index (χ1) is 11.3. The Morgan fingerprint density at radius 3 is 2.29 bits per heavy atom. The highest BCUT2D eigenvalue weighted by molar-refractivity contribution is 5.74. The van der Waals surface area contributed by atoms with Crippen molar-refractivity contribution in [1.82, 2.24) is 10.6 Å². The Bertz CT molecular complexity index is 567. The summed E-state index contributed by atoms with van der Waals surface area (Å²) in [6.45, 7) is 3.23. The number of aliphatic hydroxyl groups excluding tert-OH is 1. The molecule has 0 radical (unpaired) electrons. The van der Waals surface area contributed by atoms with E-state index in [1.807, 2.05) is 13.8 Å². The number of rotatable bonds is 4. The fraction of sp³-hybridized carbons (Fsp3) is 0.562. The van der Waals surface area contributed by atoms with Gasteiger partial charge in [0.1, 0.15) is 0 Å². The average Bonchev–Trinajstić information content (AvgIpc) is 2.48. The molecular formula is C16H21F3N2O3. The summed E-state index contributed by atoms with van der Waals surface area (Å²) in [6.07, 6.45) is 1.30. The number of urea groups is 1. The van der Waals surface area contributed by atoms with Crippen molar-refractivity contribution in [2.75, 3.05) is 6.61 Å². The van der Waals surface area contributed by atoms with E-state index in [9.17, 15) is 23.1 Å². The highest BCUT2D eigenvalue weighted by Crippen LogP contribution is 2.21. The van der Waals surface area contributed by atoms with Crippen molar-refractivity contribution in [2.45, 2.75) is 51.0 Å². The Morgan fingerprint density at radius 1 is 1.25 bits per heavy atom. The lowest BCUT2D eigenvalue weighted by molar-refractivity contribution is -0.0402. The monoisotopic (exact) mass is 346 g/mol. The molecule has 5 nitrogen and oxygen atoms in total. The number of hydrogen-bond donors (Lipinski definition) is 3. The van der Waals surface area contributed by atoms with E-state index in [2.05, 4.69) is 10.6 Å². The zero-order chi connectivity index (χ0) is 17.9. The van der Waals surface area contributed by atoms with Crippen LogP contribution in [0, 0.1) is 17.5 Å². The summed E-state index contributed by atoms with van der Waals surface area (Å²) in [4.78, 5) is 12.1. The maximum Gasteiger partial charge on any atom is 0.315 e. The summed E-state index contributed by atoms with van der Waals surface area (Å²) in [7, 11) is 0. The van der Waals surface area contributed by atoms with Gasteiger partial charge >= 0.3 is 6.03 Å². The molecule has 0 bridgehead atoms. The van der Waals surface area contributed by atoms with Crippen molar-refractivity contribution in [3.05, 3.63) is 35.1 Å². The molecule has 3 unspecified atom stereocenters. The number of hydrogen-bond acceptors (Lipinski definition) is 3. The molecule has 1 aliphatic heterocycles. The van der Waals surface area contributed by atoms with Crippen molar-refractivity contribution >= 4 is 6.03 Å². The maximum atomic E-state index is 13.3. The summed E-state index contributed by atoms with van der Waals surface area (Å²) in [6, 6.07) is -0.240. The number of amides is 2. The van der Waals surface area contributed by atoms with Crippen molar-refractivity contribution in [3.8, 4) is 0 Å². The van der Waals surface area contributed by atoms with Crippen LogP contribution >= 0.6 is 0 Å². The molecule has 2 amide bonds. The minimum absolute atomic E-state index is 0.00739. The van der Waals surface area contributed by atoms with Gasteiger partial charge in [-0.05, 0) is 44.4 Å². The third-order valence-corrected chi connectivity index (χ3v) is 3.93. The van der Waals surface area contributed by atoms with Gasteiger partial charge in [-0.3, -0.25) is 0 Å². The fourth-order valence-corrected chi connectivity index (χ4v) is 2.92. The van der Waals surface area contributed by atoms with Gasteiger partial charge in [-0.2, -0.15) is 0 Å². The molecule has 1 aromatic rings. The summed E-state index contributed by atoms with van der Waals surface area (Å²) < 4.78 is 45.2. The largest absolute Gasteiger partial charge is 0.394 e. The topological polar surface area (TPSA) is 70.6 Å². The zero-order valence-electron chi connectivity index (χ0n) is 13.5. The number of benzene rings is 1. The lowest BCUT2D eigenvalue weighted by atomic mass is 10.00. The Morgan fingerprint density at radius 2 is 1.79 bits per heavy atom. The standard InChI is InChI=1S/C16H21F3N2O3/c1-8-3-11(4-9(2)24-8)20-16(23)21-14(7-22)10-5-12(17)15(19)13(18)6-10/h5-6,8-9,11,14,22H,3-4,7H2,1-2H3,(H2,20,21,23). The van der Waals surface area contributed by atoms with Crippen LogP contribution in [0.4, 0.5) is 18.0 Å². The number of aliphatic hydroxyl groups is 1. The van der Waals surface area contributed by atoms with Crippen molar-refractivity contribution < 1.29 is 27.8 Å². The number of ether oxygens (including phenoxy) is 1. The first-order valence-electron chi connectivity index (χ1n) is 7.78. The van der Waals surface area contributed by atoms with Gasteiger partial charge in [0.2, 0.25) is 0 Å². The van der Waals surface area contributed by atoms with Crippen LogP contribution in [0.15, 0.2) is 12.1 Å². The van der Waals surface area contributed by atoms with Crippen molar-refractivity contribution in [2.24, 2.45) is 0 Å². The van der Waals surface area contributed by atoms with Gasteiger partial charge in [0.05, 0.1) is 24.9 Å². The zero-order valence-corrected chi connectivity index (χ0v) is 13.5. The molecule has 3 atom stereocenters. The van der Waals surface area contributed by atoms with Gasteiger partial charge in [-0.1, -0.05) is 0 Å². The van der Waals surface area contributed by atoms with Crippen LogP contribution in [0.3, 0.4) is 0 Å². The van der Waals surface area contributed by atoms with Gasteiger partial charge < -0.3 is 20.5 Å². The molecular weight excluding hydrogens is 325 g/mol. The molecule has 134 valence electrons. The van der Waals surface area contributed by atoms with E-state index in [0.717, 1.165) is 12.1 Å². The predicted molar refractivity (Wildman–Crippen MR) is 80.8 cm³/mol. The highest BCUT2D eigenvalue weighted by atomic mass is 19.2. The third kappa shape index (κ3) is 4.61. The first-order valence-corrected chi connectivity index (χ1v) is 7.78. The number of carbonyl (C=O) groups excluding carboxylic acids is 1. The van der Waals surface area contributed by atoms with E-state index < -0.39 is 36.1 Å². The molecule has 1 saturated heterocycles. The van der Waals surface area contributed by atoms with E-state index in [1.54, 1.807) is 0 Å². The maximum absolute atomic E-state index is 13.3. The lowest BCUT2D eigenvalue weighted by Gasteiger charge is -2.32. The van der Waals surface area contributed by atoms with Crippen LogP contribution in [0.5, 0.6) is 0 Å². The van der Waals surface area contributed by atoms with E-state index in [1.165, 1.54) is 0 Å². The van der Waals surface area contributed by atoms with Crippen LogP contribution in [-0.4, -0.2) is 36.0 Å². The second-order valence-corrected chi connectivity index (χ2v) is 6.08. The minimum atomic E-state index is -1.59. The van der Waals surface area contributed by atoms with Gasteiger partial charge in [0.25, 0.3) is 0 Å². The average molecular weight is 346 g/mol. The summed E-state index contributed by atoms with van der Waals surface area (Å²) in [5.41, 5.74) is -0.0576. The molecule has 3 N–H and O–H groups in total.